The molecule has 0 aromatic heterocycles. The summed E-state index contributed by atoms with van der Waals surface area (Å²) < 4.78 is 13.1. The van der Waals surface area contributed by atoms with Crippen molar-refractivity contribution in [1.82, 2.24) is 9.80 Å². The molecule has 0 aliphatic carbocycles. The van der Waals surface area contributed by atoms with Crippen molar-refractivity contribution in [2.75, 3.05) is 33.2 Å². The predicted molar refractivity (Wildman–Crippen MR) is 66.5 cm³/mol. The second kappa shape index (κ2) is 5.36. The zero-order chi connectivity index (χ0) is 14.0. The number of Topliss-reactive ketones (excluding diaryl/α,β-unsaturated/α-hetero) is 1. The number of phenols is 1. The molecule has 1 saturated heterocycles. The molecule has 0 radical (unpaired) electrons. The van der Waals surface area contributed by atoms with Gasteiger partial charge in [-0.25, -0.2) is 4.39 Å². The van der Waals surface area contributed by atoms with Gasteiger partial charge in [-0.1, -0.05) is 0 Å². The van der Waals surface area contributed by atoms with Crippen LogP contribution in [0.2, 0.25) is 0 Å². The summed E-state index contributed by atoms with van der Waals surface area (Å²) in [5.74, 6) is -1.26. The van der Waals surface area contributed by atoms with Crippen LogP contribution in [-0.2, 0) is 4.79 Å². The predicted octanol–water partition coefficient (Wildman–Crippen LogP) is 0.488. The van der Waals surface area contributed by atoms with Crippen LogP contribution in [0.1, 0.15) is 10.4 Å². The lowest BCUT2D eigenvalue weighted by atomic mass is 10.1. The molecule has 0 spiro atoms. The first-order valence-electron chi connectivity index (χ1n) is 5.95. The maximum absolute atomic E-state index is 13.1. The molecule has 1 amide bonds. The molecule has 1 heterocycles. The number of nitrogens with zero attached hydrogens (tertiary/aromatic N) is 2. The van der Waals surface area contributed by atoms with Crippen molar-refractivity contribution in [3.8, 4) is 5.75 Å². The molecule has 0 saturated carbocycles. The highest BCUT2D eigenvalue weighted by molar-refractivity contribution is 6.00. The highest BCUT2D eigenvalue weighted by Crippen LogP contribution is 2.19. The fourth-order valence-electron chi connectivity index (χ4n) is 1.96. The van der Waals surface area contributed by atoms with E-state index in [9.17, 15) is 19.1 Å². The van der Waals surface area contributed by atoms with Gasteiger partial charge < -0.3 is 10.0 Å². The molecule has 0 bridgehead atoms. The summed E-state index contributed by atoms with van der Waals surface area (Å²) >= 11 is 0. The largest absolute Gasteiger partial charge is 0.507 e. The zero-order valence-electron chi connectivity index (χ0n) is 10.6. The van der Waals surface area contributed by atoms with E-state index in [1.165, 1.54) is 0 Å². The molecule has 1 fully saturated rings. The maximum atomic E-state index is 13.1. The molecule has 6 heteroatoms. The Hall–Kier alpha value is -1.95. The number of piperazine rings is 1. The second-order valence-electron chi connectivity index (χ2n) is 4.61. The Balaban J connectivity index is 2.05. The minimum atomic E-state index is -0.574. The Morgan fingerprint density at radius 1 is 1.42 bits per heavy atom. The van der Waals surface area contributed by atoms with Gasteiger partial charge in [0.05, 0.1) is 18.7 Å². The summed E-state index contributed by atoms with van der Waals surface area (Å²) in [7, 11) is 1.71. The number of carbonyl (C=O) groups is 2. The lowest BCUT2D eigenvalue weighted by Gasteiger charge is -2.31. The van der Waals surface area contributed by atoms with Gasteiger partial charge in [0.1, 0.15) is 11.6 Å². The smallest absolute Gasteiger partial charge is 0.236 e. The molecule has 102 valence electrons. The SMILES string of the molecule is CN1CCN(CC(=O)c2cc(F)ccc2O)CC1=O. The number of halogens is 1. The fourth-order valence-corrected chi connectivity index (χ4v) is 1.96. The van der Waals surface area contributed by atoms with Crippen LogP contribution >= 0.6 is 0 Å². The third-order valence-electron chi connectivity index (χ3n) is 3.16. The molecule has 0 unspecified atom stereocenters. The quantitative estimate of drug-likeness (QED) is 0.809. The van der Waals surface area contributed by atoms with Gasteiger partial charge in [0.25, 0.3) is 0 Å². The van der Waals surface area contributed by atoms with E-state index in [4.69, 9.17) is 0 Å². The average Bonchev–Trinajstić information content (AvgIpc) is 2.36. The minimum Gasteiger partial charge on any atom is -0.507 e. The van der Waals surface area contributed by atoms with E-state index in [1.54, 1.807) is 16.8 Å². The van der Waals surface area contributed by atoms with Crippen LogP contribution in [0.15, 0.2) is 18.2 Å². The first-order valence-corrected chi connectivity index (χ1v) is 5.95. The molecule has 1 aliphatic rings. The van der Waals surface area contributed by atoms with Crippen LogP contribution in [0.3, 0.4) is 0 Å². The van der Waals surface area contributed by atoms with Crippen molar-refractivity contribution in [3.05, 3.63) is 29.6 Å². The van der Waals surface area contributed by atoms with Crippen LogP contribution < -0.4 is 0 Å². The van der Waals surface area contributed by atoms with Crippen LogP contribution in [-0.4, -0.2) is 59.8 Å². The summed E-state index contributed by atoms with van der Waals surface area (Å²) in [6.07, 6.45) is 0. The number of ketones is 1. The first kappa shape index (κ1) is 13.5. The van der Waals surface area contributed by atoms with Crippen molar-refractivity contribution in [2.24, 2.45) is 0 Å². The van der Waals surface area contributed by atoms with E-state index in [-0.39, 0.29) is 30.3 Å². The number of amides is 1. The Labute approximate surface area is 110 Å². The number of rotatable bonds is 3. The van der Waals surface area contributed by atoms with Gasteiger partial charge >= 0.3 is 0 Å². The van der Waals surface area contributed by atoms with Gasteiger partial charge in [-0.05, 0) is 18.2 Å². The molecule has 19 heavy (non-hydrogen) atoms. The summed E-state index contributed by atoms with van der Waals surface area (Å²) in [6, 6.07) is 3.25. The molecule has 1 aromatic carbocycles. The number of aromatic hydroxyl groups is 1. The van der Waals surface area contributed by atoms with Crippen molar-refractivity contribution < 1.29 is 19.1 Å². The minimum absolute atomic E-state index is 0.00338. The van der Waals surface area contributed by atoms with Crippen LogP contribution in [0.5, 0.6) is 5.75 Å². The number of carbonyl (C=O) groups excluding carboxylic acids is 2. The number of benzene rings is 1. The van der Waals surface area contributed by atoms with E-state index in [0.717, 1.165) is 18.2 Å². The van der Waals surface area contributed by atoms with E-state index in [1.807, 2.05) is 0 Å². The maximum Gasteiger partial charge on any atom is 0.236 e. The molecule has 0 atom stereocenters. The Bertz CT molecular complexity index is 519. The van der Waals surface area contributed by atoms with Gasteiger partial charge in [-0.2, -0.15) is 0 Å². The zero-order valence-corrected chi connectivity index (χ0v) is 10.6. The van der Waals surface area contributed by atoms with Gasteiger partial charge in [0, 0.05) is 20.1 Å². The highest BCUT2D eigenvalue weighted by atomic mass is 19.1. The van der Waals surface area contributed by atoms with Crippen molar-refractivity contribution in [1.29, 1.82) is 0 Å². The standard InChI is InChI=1S/C13H15FN2O3/c1-15-4-5-16(8-13(15)19)7-12(18)10-6-9(14)2-3-11(10)17/h2-3,6,17H,4-5,7-8H2,1H3. The number of hydrogen-bond donors (Lipinski definition) is 1. The van der Waals surface area contributed by atoms with Crippen LogP contribution in [0.25, 0.3) is 0 Å². The molecular formula is C13H15FN2O3. The third kappa shape index (κ3) is 3.08. The highest BCUT2D eigenvalue weighted by Gasteiger charge is 2.24. The molecule has 1 aromatic rings. The first-order chi connectivity index (χ1) is 8.97. The Kier molecular flexibility index (Phi) is 3.80. The third-order valence-corrected chi connectivity index (χ3v) is 3.16. The number of likely N-dealkylation sites (N-methyl/N-ethyl adjacent to an activating group) is 1. The fraction of sp³-hybridized carbons (Fsp3) is 0.385. The summed E-state index contributed by atoms with van der Waals surface area (Å²) in [4.78, 5) is 26.8. The van der Waals surface area contributed by atoms with E-state index >= 15 is 0 Å². The summed E-state index contributed by atoms with van der Waals surface area (Å²) in [6.45, 7) is 1.31. The molecule has 2 rings (SSSR count). The van der Waals surface area contributed by atoms with Crippen molar-refractivity contribution >= 4 is 11.7 Å². The van der Waals surface area contributed by atoms with E-state index in [0.29, 0.717) is 13.1 Å². The van der Waals surface area contributed by atoms with Crippen molar-refractivity contribution in [3.63, 3.8) is 0 Å². The Morgan fingerprint density at radius 3 is 2.84 bits per heavy atom. The van der Waals surface area contributed by atoms with Crippen LogP contribution in [0, 0.1) is 5.82 Å². The summed E-state index contributed by atoms with van der Waals surface area (Å²) in [5.41, 5.74) is -0.0497. The van der Waals surface area contributed by atoms with E-state index in [2.05, 4.69) is 0 Å². The second-order valence-corrected chi connectivity index (χ2v) is 4.61. The average molecular weight is 266 g/mol. The van der Waals surface area contributed by atoms with Gasteiger partial charge in [0.15, 0.2) is 5.78 Å². The van der Waals surface area contributed by atoms with Gasteiger partial charge in [-0.15, -0.1) is 0 Å². The van der Waals surface area contributed by atoms with Gasteiger partial charge in [0.2, 0.25) is 5.91 Å². The van der Waals surface area contributed by atoms with Crippen molar-refractivity contribution in [2.45, 2.75) is 0 Å². The lowest BCUT2D eigenvalue weighted by molar-refractivity contribution is -0.134. The molecular weight excluding hydrogens is 251 g/mol. The number of hydrogen-bond acceptors (Lipinski definition) is 4. The molecule has 1 aliphatic heterocycles. The summed E-state index contributed by atoms with van der Waals surface area (Å²) in [5, 5.41) is 9.55. The monoisotopic (exact) mass is 266 g/mol. The molecule has 1 N–H and O–H groups in total. The van der Waals surface area contributed by atoms with Gasteiger partial charge in [-0.3, -0.25) is 14.5 Å². The normalized spacial score (nSPS) is 16.7. The number of phenolic OH excluding ortho intramolecular Hbond substituents is 1. The van der Waals surface area contributed by atoms with E-state index < -0.39 is 11.6 Å². The molecule has 5 nitrogen and oxygen atoms in total. The lowest BCUT2D eigenvalue weighted by Crippen LogP contribution is -2.49. The topological polar surface area (TPSA) is 60.9 Å². The van der Waals surface area contributed by atoms with Crippen LogP contribution in [0.4, 0.5) is 4.39 Å². The Morgan fingerprint density at radius 2 is 2.16 bits per heavy atom.